The van der Waals surface area contributed by atoms with Crippen LogP contribution in [-0.4, -0.2) is 39.4 Å². The van der Waals surface area contributed by atoms with Gasteiger partial charge in [0, 0.05) is 51.7 Å². The molecule has 0 aromatic carbocycles. The summed E-state index contributed by atoms with van der Waals surface area (Å²) >= 11 is 0. The molecule has 0 atom stereocenters. The van der Waals surface area contributed by atoms with Gasteiger partial charge in [0.2, 0.25) is 23.6 Å². The first-order chi connectivity index (χ1) is 16.0. The third kappa shape index (κ3) is 7.65. The standard InChI is InChI=1S/C23H32N6O4/c1-17(30)28-23(11-4-2-3-5-12-23)22-27-21(33-29-22)7-6-19(31)25-15-10-20(32)26-16-18-8-13-24-14-9-18/h8-9,13-14H,2-7,10-12,15-16H2,1H3,(H,25,31)(H,26,32)(H,28,30). The van der Waals surface area contributed by atoms with Gasteiger partial charge in [-0.3, -0.25) is 19.4 Å². The number of amides is 3. The Morgan fingerprint density at radius 3 is 2.39 bits per heavy atom. The Hall–Kier alpha value is -3.30. The Bertz CT molecular complexity index is 922. The van der Waals surface area contributed by atoms with Crippen LogP contribution in [0.4, 0.5) is 0 Å². The van der Waals surface area contributed by atoms with Gasteiger partial charge >= 0.3 is 0 Å². The molecule has 2 aromatic heterocycles. The molecular weight excluding hydrogens is 424 g/mol. The SMILES string of the molecule is CC(=O)NC1(c2noc(CCC(=O)NCCC(=O)NCc3ccncc3)n2)CCCCCC1. The molecule has 1 fully saturated rings. The second-order valence-corrected chi connectivity index (χ2v) is 8.42. The Morgan fingerprint density at radius 2 is 1.70 bits per heavy atom. The van der Waals surface area contributed by atoms with Crippen LogP contribution in [0.2, 0.25) is 0 Å². The second kappa shape index (κ2) is 12.1. The summed E-state index contributed by atoms with van der Waals surface area (Å²) < 4.78 is 5.37. The number of hydrogen-bond acceptors (Lipinski definition) is 7. The molecule has 0 spiro atoms. The number of carbonyl (C=O) groups excluding carboxylic acids is 3. The van der Waals surface area contributed by atoms with Crippen LogP contribution in [0.1, 0.15) is 75.6 Å². The lowest BCUT2D eigenvalue weighted by Crippen LogP contribution is -2.45. The minimum Gasteiger partial charge on any atom is -0.356 e. The number of carbonyl (C=O) groups is 3. The number of nitrogens with zero attached hydrogens (tertiary/aromatic N) is 3. The molecule has 1 aliphatic carbocycles. The van der Waals surface area contributed by atoms with Gasteiger partial charge in [-0.25, -0.2) is 0 Å². The minimum atomic E-state index is -0.601. The molecule has 178 valence electrons. The van der Waals surface area contributed by atoms with Crippen LogP contribution in [0, 0.1) is 0 Å². The van der Waals surface area contributed by atoms with Gasteiger partial charge < -0.3 is 20.5 Å². The van der Waals surface area contributed by atoms with Crippen molar-refractivity contribution < 1.29 is 18.9 Å². The molecule has 0 aliphatic heterocycles. The Morgan fingerprint density at radius 1 is 1.00 bits per heavy atom. The van der Waals surface area contributed by atoms with E-state index in [2.05, 4.69) is 31.1 Å². The maximum Gasteiger partial charge on any atom is 0.227 e. The monoisotopic (exact) mass is 456 g/mol. The molecule has 10 heteroatoms. The van der Waals surface area contributed by atoms with Crippen LogP contribution in [0.3, 0.4) is 0 Å². The Labute approximate surface area is 193 Å². The molecular formula is C23H32N6O4. The van der Waals surface area contributed by atoms with Gasteiger partial charge in [-0.2, -0.15) is 4.98 Å². The van der Waals surface area contributed by atoms with Crippen LogP contribution in [0.15, 0.2) is 29.0 Å². The first kappa shape index (κ1) is 24.3. The third-order valence-electron chi connectivity index (χ3n) is 5.75. The lowest BCUT2D eigenvalue weighted by atomic mass is 9.89. The van der Waals surface area contributed by atoms with E-state index in [-0.39, 0.29) is 37.1 Å². The van der Waals surface area contributed by atoms with Gasteiger partial charge in [-0.1, -0.05) is 30.8 Å². The van der Waals surface area contributed by atoms with Crippen LogP contribution in [-0.2, 0) is 32.9 Å². The topological polar surface area (TPSA) is 139 Å². The fourth-order valence-electron chi connectivity index (χ4n) is 4.04. The van der Waals surface area contributed by atoms with E-state index in [4.69, 9.17) is 4.52 Å². The normalized spacial score (nSPS) is 15.3. The largest absolute Gasteiger partial charge is 0.356 e. The molecule has 33 heavy (non-hydrogen) atoms. The molecule has 2 aromatic rings. The highest BCUT2D eigenvalue weighted by atomic mass is 16.5. The van der Waals surface area contributed by atoms with Crippen LogP contribution in [0.5, 0.6) is 0 Å². The summed E-state index contributed by atoms with van der Waals surface area (Å²) in [5, 5.41) is 12.7. The maximum absolute atomic E-state index is 12.1. The van der Waals surface area contributed by atoms with Crippen molar-refractivity contribution in [3.05, 3.63) is 41.8 Å². The smallest absolute Gasteiger partial charge is 0.227 e. The minimum absolute atomic E-state index is 0.118. The number of pyridine rings is 1. The number of hydrogen-bond donors (Lipinski definition) is 3. The van der Waals surface area contributed by atoms with Gasteiger partial charge in [-0.15, -0.1) is 0 Å². The summed E-state index contributed by atoms with van der Waals surface area (Å²) in [6.07, 6.45) is 9.77. The Kier molecular flexibility index (Phi) is 8.91. The van der Waals surface area contributed by atoms with Crippen molar-refractivity contribution in [3.63, 3.8) is 0 Å². The van der Waals surface area contributed by atoms with E-state index >= 15 is 0 Å². The zero-order chi connectivity index (χ0) is 23.5. The number of nitrogens with one attached hydrogen (secondary N) is 3. The molecule has 0 bridgehead atoms. The van der Waals surface area contributed by atoms with Gasteiger partial charge in [0.1, 0.15) is 5.54 Å². The predicted octanol–water partition coefficient (Wildman–Crippen LogP) is 1.91. The van der Waals surface area contributed by atoms with Crippen molar-refractivity contribution in [2.24, 2.45) is 0 Å². The average Bonchev–Trinajstić information content (AvgIpc) is 3.17. The predicted molar refractivity (Wildman–Crippen MR) is 120 cm³/mol. The summed E-state index contributed by atoms with van der Waals surface area (Å²) in [4.78, 5) is 44.3. The van der Waals surface area contributed by atoms with Crippen molar-refractivity contribution in [3.8, 4) is 0 Å². The highest BCUT2D eigenvalue weighted by Gasteiger charge is 2.38. The molecule has 0 radical (unpaired) electrons. The summed E-state index contributed by atoms with van der Waals surface area (Å²) in [5.41, 5.74) is 0.362. The third-order valence-corrected chi connectivity index (χ3v) is 5.75. The van der Waals surface area contributed by atoms with Gasteiger partial charge in [0.15, 0.2) is 5.82 Å². The van der Waals surface area contributed by atoms with E-state index in [1.807, 2.05) is 12.1 Å². The van der Waals surface area contributed by atoms with E-state index in [1.165, 1.54) is 6.92 Å². The van der Waals surface area contributed by atoms with Crippen LogP contribution in [0.25, 0.3) is 0 Å². The van der Waals surface area contributed by atoms with Crippen molar-refractivity contribution in [2.45, 2.75) is 76.8 Å². The summed E-state index contributed by atoms with van der Waals surface area (Å²) in [5.74, 6) is 0.403. The lowest BCUT2D eigenvalue weighted by Gasteiger charge is -2.30. The lowest BCUT2D eigenvalue weighted by molar-refractivity contribution is -0.123. The van der Waals surface area contributed by atoms with Gasteiger partial charge in [-0.05, 0) is 30.5 Å². The summed E-state index contributed by atoms with van der Waals surface area (Å²) in [7, 11) is 0. The van der Waals surface area contributed by atoms with Crippen LogP contribution >= 0.6 is 0 Å². The molecule has 3 N–H and O–H groups in total. The second-order valence-electron chi connectivity index (χ2n) is 8.42. The van der Waals surface area contributed by atoms with Crippen molar-refractivity contribution in [1.29, 1.82) is 0 Å². The van der Waals surface area contributed by atoms with E-state index in [1.54, 1.807) is 12.4 Å². The Balaban J connectivity index is 1.41. The van der Waals surface area contributed by atoms with E-state index < -0.39 is 5.54 Å². The average molecular weight is 457 g/mol. The molecule has 1 saturated carbocycles. The zero-order valence-corrected chi connectivity index (χ0v) is 19.1. The molecule has 0 saturated heterocycles. The number of aromatic nitrogens is 3. The maximum atomic E-state index is 12.1. The fraction of sp³-hybridized carbons (Fsp3) is 0.565. The molecule has 0 unspecified atom stereocenters. The fourth-order valence-corrected chi connectivity index (χ4v) is 4.04. The molecule has 1 aliphatic rings. The number of rotatable bonds is 10. The molecule has 10 nitrogen and oxygen atoms in total. The van der Waals surface area contributed by atoms with E-state index in [0.717, 1.165) is 44.1 Å². The summed E-state index contributed by atoms with van der Waals surface area (Å²) in [6.45, 7) is 2.17. The van der Waals surface area contributed by atoms with E-state index in [0.29, 0.717) is 24.7 Å². The van der Waals surface area contributed by atoms with Crippen molar-refractivity contribution in [2.75, 3.05) is 6.54 Å². The summed E-state index contributed by atoms with van der Waals surface area (Å²) in [6, 6.07) is 3.66. The highest BCUT2D eigenvalue weighted by Crippen LogP contribution is 2.34. The molecule has 3 rings (SSSR count). The van der Waals surface area contributed by atoms with Crippen molar-refractivity contribution in [1.82, 2.24) is 31.1 Å². The first-order valence-electron chi connectivity index (χ1n) is 11.5. The number of aryl methyl sites for hydroxylation is 1. The van der Waals surface area contributed by atoms with E-state index in [9.17, 15) is 14.4 Å². The van der Waals surface area contributed by atoms with Gasteiger partial charge in [0.25, 0.3) is 0 Å². The van der Waals surface area contributed by atoms with Crippen molar-refractivity contribution >= 4 is 17.7 Å². The van der Waals surface area contributed by atoms with Crippen LogP contribution < -0.4 is 16.0 Å². The molecule has 3 amide bonds. The van der Waals surface area contributed by atoms with Gasteiger partial charge in [0.05, 0.1) is 0 Å². The molecule has 2 heterocycles. The highest BCUT2D eigenvalue weighted by molar-refractivity contribution is 5.79. The quantitative estimate of drug-likeness (QED) is 0.464. The first-order valence-corrected chi connectivity index (χ1v) is 11.5. The zero-order valence-electron chi connectivity index (χ0n) is 19.1.